The predicted octanol–water partition coefficient (Wildman–Crippen LogP) is 4.60. The first-order valence-corrected chi connectivity index (χ1v) is 8.04. The van der Waals surface area contributed by atoms with E-state index in [9.17, 15) is 0 Å². The van der Waals surface area contributed by atoms with Gasteiger partial charge in [0.15, 0.2) is 5.58 Å². The molecule has 116 valence electrons. The summed E-state index contributed by atoms with van der Waals surface area (Å²) in [6, 6.07) is 7.60. The van der Waals surface area contributed by atoms with E-state index < -0.39 is 0 Å². The zero-order valence-corrected chi connectivity index (χ0v) is 14.1. The minimum atomic E-state index is -0.189. The van der Waals surface area contributed by atoms with E-state index in [-0.39, 0.29) is 11.6 Å². The van der Waals surface area contributed by atoms with Gasteiger partial charge in [-0.2, -0.15) is 0 Å². The Labute approximate surface area is 132 Å². The number of benzene rings is 1. The van der Waals surface area contributed by atoms with Crippen molar-refractivity contribution in [3.05, 3.63) is 35.0 Å². The molecule has 0 saturated carbocycles. The number of fused-ring (bicyclic) bond motifs is 1. The van der Waals surface area contributed by atoms with Gasteiger partial charge in [0.05, 0.1) is 11.1 Å². The molecule has 0 amide bonds. The molecule has 0 fully saturated rings. The van der Waals surface area contributed by atoms with Crippen molar-refractivity contribution in [2.75, 3.05) is 13.1 Å². The smallest absolute Gasteiger partial charge is 0.152 e. The number of furan rings is 1. The number of halogens is 1. The zero-order chi connectivity index (χ0) is 15.6. The van der Waals surface area contributed by atoms with Gasteiger partial charge in [-0.05, 0) is 38.6 Å². The maximum atomic E-state index is 6.57. The minimum Gasteiger partial charge on any atom is -0.458 e. The van der Waals surface area contributed by atoms with E-state index >= 15 is 0 Å². The molecule has 2 unspecified atom stereocenters. The van der Waals surface area contributed by atoms with Crippen molar-refractivity contribution in [2.45, 2.75) is 45.7 Å². The van der Waals surface area contributed by atoms with Crippen LogP contribution in [0.5, 0.6) is 0 Å². The van der Waals surface area contributed by atoms with Crippen molar-refractivity contribution >= 4 is 22.6 Å². The van der Waals surface area contributed by atoms with E-state index in [1.807, 2.05) is 24.3 Å². The van der Waals surface area contributed by atoms with Gasteiger partial charge >= 0.3 is 0 Å². The highest BCUT2D eigenvalue weighted by atomic mass is 35.5. The fourth-order valence-electron chi connectivity index (χ4n) is 3.09. The van der Waals surface area contributed by atoms with Crippen molar-refractivity contribution in [1.29, 1.82) is 0 Å². The minimum absolute atomic E-state index is 0.135. The maximum Gasteiger partial charge on any atom is 0.152 e. The van der Waals surface area contributed by atoms with E-state index in [1.165, 1.54) is 0 Å². The Kier molecular flexibility index (Phi) is 4.97. The lowest BCUT2D eigenvalue weighted by atomic mass is 9.86. The summed E-state index contributed by atoms with van der Waals surface area (Å²) in [5.41, 5.74) is 7.16. The Morgan fingerprint density at radius 1 is 1.29 bits per heavy atom. The van der Waals surface area contributed by atoms with Crippen LogP contribution in [0, 0.1) is 0 Å². The molecule has 4 heteroatoms. The lowest BCUT2D eigenvalue weighted by Crippen LogP contribution is -2.52. The molecule has 3 nitrogen and oxygen atoms in total. The summed E-state index contributed by atoms with van der Waals surface area (Å²) in [4.78, 5) is 2.40. The summed E-state index contributed by atoms with van der Waals surface area (Å²) in [7, 11) is 0. The molecule has 2 atom stereocenters. The Hall–Kier alpha value is -1.03. The van der Waals surface area contributed by atoms with E-state index in [1.54, 1.807) is 0 Å². The van der Waals surface area contributed by atoms with E-state index in [0.717, 1.165) is 36.2 Å². The second-order valence-corrected chi connectivity index (χ2v) is 6.07. The third kappa shape index (κ3) is 2.83. The topological polar surface area (TPSA) is 42.4 Å². The van der Waals surface area contributed by atoms with Crippen LogP contribution in [0.2, 0.25) is 5.02 Å². The van der Waals surface area contributed by atoms with E-state index in [2.05, 4.69) is 32.6 Å². The summed E-state index contributed by atoms with van der Waals surface area (Å²) in [6.07, 6.45) is 0.959. The molecule has 0 saturated heterocycles. The highest BCUT2D eigenvalue weighted by Gasteiger charge is 2.37. The second kappa shape index (κ2) is 6.39. The molecule has 0 aliphatic carbocycles. The molecule has 2 rings (SSSR count). The first-order valence-electron chi connectivity index (χ1n) is 7.66. The Balaban J connectivity index is 2.44. The SMILES string of the molecule is CCN(CC)C(C)(CC)C(N)c1cc2cccc(Cl)c2o1. The summed E-state index contributed by atoms with van der Waals surface area (Å²) < 4.78 is 5.96. The molecule has 2 aromatic rings. The first-order chi connectivity index (χ1) is 9.97. The number of likely N-dealkylation sites (N-methyl/N-ethyl adjacent to an activating group) is 1. The third-order valence-corrected chi connectivity index (χ3v) is 4.99. The largest absolute Gasteiger partial charge is 0.458 e. The lowest BCUT2D eigenvalue weighted by Gasteiger charge is -2.43. The molecule has 1 heterocycles. The average molecular weight is 309 g/mol. The number of hydrogen-bond acceptors (Lipinski definition) is 3. The standard InChI is InChI=1S/C17H25ClN2O/c1-5-17(4,20(6-2)7-3)16(19)14-11-12-9-8-10-13(18)15(12)21-14/h8-11,16H,5-7,19H2,1-4H3. The van der Waals surface area contributed by atoms with Crippen LogP contribution in [0.25, 0.3) is 11.0 Å². The molecule has 21 heavy (non-hydrogen) atoms. The Bertz CT molecular complexity index is 606. The van der Waals surface area contributed by atoms with Crippen LogP contribution in [0.1, 0.15) is 45.9 Å². The van der Waals surface area contributed by atoms with Gasteiger partial charge in [0, 0.05) is 10.9 Å². The van der Waals surface area contributed by atoms with Gasteiger partial charge in [-0.3, -0.25) is 4.90 Å². The van der Waals surface area contributed by atoms with E-state index in [4.69, 9.17) is 21.8 Å². The summed E-state index contributed by atoms with van der Waals surface area (Å²) in [5.74, 6) is 0.800. The molecule has 0 spiro atoms. The molecule has 0 bridgehead atoms. The average Bonchev–Trinajstić information content (AvgIpc) is 2.92. The lowest BCUT2D eigenvalue weighted by molar-refractivity contribution is 0.0773. The van der Waals surface area contributed by atoms with Crippen LogP contribution in [-0.2, 0) is 0 Å². The third-order valence-electron chi connectivity index (χ3n) is 4.69. The first kappa shape index (κ1) is 16.3. The van der Waals surface area contributed by atoms with Crippen LogP contribution in [0.3, 0.4) is 0 Å². The maximum absolute atomic E-state index is 6.57. The normalized spacial score (nSPS) is 16.3. The Morgan fingerprint density at radius 2 is 1.95 bits per heavy atom. The summed E-state index contributed by atoms with van der Waals surface area (Å²) >= 11 is 6.20. The second-order valence-electron chi connectivity index (χ2n) is 5.67. The monoisotopic (exact) mass is 308 g/mol. The van der Waals surface area contributed by atoms with Gasteiger partial charge in [-0.1, -0.05) is 44.5 Å². The van der Waals surface area contributed by atoms with Gasteiger partial charge in [-0.15, -0.1) is 0 Å². The molecule has 0 aliphatic heterocycles. The highest BCUT2D eigenvalue weighted by Crippen LogP contribution is 2.36. The molecule has 1 aromatic heterocycles. The van der Waals surface area contributed by atoms with Gasteiger partial charge in [-0.25, -0.2) is 0 Å². The van der Waals surface area contributed by atoms with Gasteiger partial charge < -0.3 is 10.2 Å². The van der Waals surface area contributed by atoms with Crippen LogP contribution in [0.4, 0.5) is 0 Å². The molecule has 2 N–H and O–H groups in total. The fraction of sp³-hybridized carbons (Fsp3) is 0.529. The summed E-state index contributed by atoms with van der Waals surface area (Å²) in [5, 5.41) is 1.64. The van der Waals surface area contributed by atoms with Gasteiger partial charge in [0.25, 0.3) is 0 Å². The van der Waals surface area contributed by atoms with Crippen molar-refractivity contribution in [1.82, 2.24) is 4.90 Å². The fourth-order valence-corrected chi connectivity index (χ4v) is 3.31. The number of hydrogen-bond donors (Lipinski definition) is 1. The van der Waals surface area contributed by atoms with Crippen LogP contribution < -0.4 is 5.73 Å². The molecular formula is C17H25ClN2O. The number of para-hydroxylation sites is 1. The summed E-state index contributed by atoms with van der Waals surface area (Å²) in [6.45, 7) is 10.7. The van der Waals surface area contributed by atoms with Gasteiger partial charge in [0.2, 0.25) is 0 Å². The van der Waals surface area contributed by atoms with Crippen molar-refractivity contribution in [3.63, 3.8) is 0 Å². The molecule has 0 radical (unpaired) electrons. The predicted molar refractivity (Wildman–Crippen MR) is 89.8 cm³/mol. The van der Waals surface area contributed by atoms with Crippen LogP contribution in [-0.4, -0.2) is 23.5 Å². The molecule has 0 aliphatic rings. The number of nitrogens with two attached hydrogens (primary N) is 1. The van der Waals surface area contributed by atoms with Crippen molar-refractivity contribution in [3.8, 4) is 0 Å². The quantitative estimate of drug-likeness (QED) is 0.848. The number of nitrogens with zero attached hydrogens (tertiary/aromatic N) is 1. The Morgan fingerprint density at radius 3 is 2.48 bits per heavy atom. The van der Waals surface area contributed by atoms with Crippen LogP contribution in [0.15, 0.2) is 28.7 Å². The number of rotatable bonds is 6. The zero-order valence-electron chi connectivity index (χ0n) is 13.3. The highest BCUT2D eigenvalue weighted by molar-refractivity contribution is 6.34. The van der Waals surface area contributed by atoms with Crippen molar-refractivity contribution < 1.29 is 4.42 Å². The van der Waals surface area contributed by atoms with Crippen LogP contribution >= 0.6 is 11.6 Å². The molecule has 1 aromatic carbocycles. The van der Waals surface area contributed by atoms with E-state index in [0.29, 0.717) is 5.02 Å². The van der Waals surface area contributed by atoms with Gasteiger partial charge in [0.1, 0.15) is 5.76 Å². The molecular weight excluding hydrogens is 284 g/mol. The van der Waals surface area contributed by atoms with Crippen molar-refractivity contribution in [2.24, 2.45) is 5.73 Å².